The number of rotatable bonds is 5. The zero-order valence-electron chi connectivity index (χ0n) is 16.7. The van der Waals surface area contributed by atoms with Gasteiger partial charge in [0.25, 0.3) is 0 Å². The molecule has 1 aliphatic heterocycles. The lowest BCUT2D eigenvalue weighted by Crippen LogP contribution is -2.33. The molecule has 148 valence electrons. The summed E-state index contributed by atoms with van der Waals surface area (Å²) < 4.78 is 0. The quantitative estimate of drug-likeness (QED) is 0.702. The van der Waals surface area contributed by atoms with Gasteiger partial charge in [-0.1, -0.05) is 67.6 Å². The maximum absolute atomic E-state index is 13.3. The van der Waals surface area contributed by atoms with E-state index in [4.69, 9.17) is 0 Å². The number of carbonyl (C=O) groups is 1. The monoisotopic (exact) mass is 386 g/mol. The zero-order valence-corrected chi connectivity index (χ0v) is 16.7. The van der Waals surface area contributed by atoms with Crippen molar-refractivity contribution in [2.45, 2.75) is 25.7 Å². The highest BCUT2D eigenvalue weighted by atomic mass is 16.1. The van der Waals surface area contributed by atoms with Crippen LogP contribution in [0.3, 0.4) is 0 Å². The number of nitrogens with zero attached hydrogens (tertiary/aromatic N) is 3. The van der Waals surface area contributed by atoms with Crippen LogP contribution < -0.4 is 10.2 Å². The van der Waals surface area contributed by atoms with E-state index < -0.39 is 5.92 Å². The van der Waals surface area contributed by atoms with E-state index in [0.717, 1.165) is 48.8 Å². The van der Waals surface area contributed by atoms with Crippen LogP contribution in [0.2, 0.25) is 0 Å². The summed E-state index contributed by atoms with van der Waals surface area (Å²) in [5.41, 5.74) is 1.91. The van der Waals surface area contributed by atoms with E-state index in [2.05, 4.69) is 27.1 Å². The predicted octanol–water partition coefficient (Wildman–Crippen LogP) is 4.48. The van der Waals surface area contributed by atoms with Crippen LogP contribution in [0, 0.1) is 5.92 Å². The van der Waals surface area contributed by atoms with E-state index in [9.17, 15) is 4.79 Å². The second kappa shape index (κ2) is 8.86. The molecule has 2 aromatic carbocycles. The molecule has 1 aromatic heterocycles. The summed E-state index contributed by atoms with van der Waals surface area (Å²) in [6.07, 6.45) is 3.86. The van der Waals surface area contributed by atoms with Crippen molar-refractivity contribution >= 4 is 17.5 Å². The SMILES string of the molecule is CC1CCN(c2cc(NC(=O)C(c3ccccc3)c3ccccc3)ncn2)CC1. The van der Waals surface area contributed by atoms with E-state index >= 15 is 0 Å². The Kier molecular flexibility index (Phi) is 5.84. The predicted molar refractivity (Wildman–Crippen MR) is 116 cm³/mol. The van der Waals surface area contributed by atoms with E-state index in [1.54, 1.807) is 0 Å². The van der Waals surface area contributed by atoms with Crippen LogP contribution in [-0.2, 0) is 4.79 Å². The molecule has 0 saturated carbocycles. The second-order valence-electron chi connectivity index (χ2n) is 7.67. The number of nitrogens with one attached hydrogen (secondary N) is 1. The fraction of sp³-hybridized carbons (Fsp3) is 0.292. The maximum Gasteiger partial charge on any atom is 0.237 e. The molecule has 0 unspecified atom stereocenters. The molecule has 4 rings (SSSR count). The molecule has 0 bridgehead atoms. The summed E-state index contributed by atoms with van der Waals surface area (Å²) >= 11 is 0. The highest BCUT2D eigenvalue weighted by Gasteiger charge is 2.23. The van der Waals surface area contributed by atoms with Crippen LogP contribution in [0.15, 0.2) is 73.1 Å². The van der Waals surface area contributed by atoms with Crippen molar-refractivity contribution in [2.24, 2.45) is 5.92 Å². The molecule has 1 aliphatic rings. The number of benzene rings is 2. The van der Waals surface area contributed by atoms with Gasteiger partial charge in [-0.3, -0.25) is 4.79 Å². The van der Waals surface area contributed by atoms with Gasteiger partial charge >= 0.3 is 0 Å². The third kappa shape index (κ3) is 4.62. The number of hydrogen-bond acceptors (Lipinski definition) is 4. The summed E-state index contributed by atoms with van der Waals surface area (Å²) in [5.74, 6) is 1.67. The number of aromatic nitrogens is 2. The van der Waals surface area contributed by atoms with Crippen molar-refractivity contribution in [1.29, 1.82) is 0 Å². The molecule has 0 radical (unpaired) electrons. The van der Waals surface area contributed by atoms with Crippen molar-refractivity contribution in [3.8, 4) is 0 Å². The van der Waals surface area contributed by atoms with Crippen LogP contribution in [0.4, 0.5) is 11.6 Å². The minimum Gasteiger partial charge on any atom is -0.356 e. The lowest BCUT2D eigenvalue weighted by Gasteiger charge is -2.31. The molecule has 0 atom stereocenters. The van der Waals surface area contributed by atoms with E-state index in [0.29, 0.717) is 5.82 Å². The van der Waals surface area contributed by atoms with Crippen molar-refractivity contribution in [1.82, 2.24) is 9.97 Å². The van der Waals surface area contributed by atoms with Crippen molar-refractivity contribution in [2.75, 3.05) is 23.3 Å². The molecule has 1 N–H and O–H groups in total. The number of piperidine rings is 1. The Morgan fingerprint density at radius 3 is 2.14 bits per heavy atom. The highest BCUT2D eigenvalue weighted by Crippen LogP contribution is 2.27. The Bertz CT molecular complexity index is 898. The Balaban J connectivity index is 1.56. The van der Waals surface area contributed by atoms with Crippen molar-refractivity contribution in [3.05, 3.63) is 84.2 Å². The highest BCUT2D eigenvalue weighted by molar-refractivity contribution is 5.97. The largest absolute Gasteiger partial charge is 0.356 e. The van der Waals surface area contributed by atoms with Crippen molar-refractivity contribution < 1.29 is 4.79 Å². The number of carbonyl (C=O) groups excluding carboxylic acids is 1. The zero-order chi connectivity index (χ0) is 20.1. The Morgan fingerprint density at radius 1 is 0.966 bits per heavy atom. The Morgan fingerprint density at radius 2 is 1.55 bits per heavy atom. The number of anilines is 2. The topological polar surface area (TPSA) is 58.1 Å². The average molecular weight is 386 g/mol. The lowest BCUT2D eigenvalue weighted by atomic mass is 9.90. The van der Waals surface area contributed by atoms with Crippen LogP contribution in [-0.4, -0.2) is 29.0 Å². The summed E-state index contributed by atoms with van der Waals surface area (Å²) in [6.45, 7) is 4.26. The molecule has 29 heavy (non-hydrogen) atoms. The third-order valence-electron chi connectivity index (χ3n) is 5.54. The van der Waals surface area contributed by atoms with Crippen LogP contribution in [0.1, 0.15) is 36.8 Å². The molecule has 1 amide bonds. The Labute approximate surface area is 171 Å². The van der Waals surface area contributed by atoms with Gasteiger partial charge in [0, 0.05) is 19.2 Å². The molecule has 2 heterocycles. The molecular formula is C24H26N4O. The maximum atomic E-state index is 13.3. The summed E-state index contributed by atoms with van der Waals surface area (Å²) in [6, 6.07) is 21.6. The van der Waals surface area contributed by atoms with Gasteiger partial charge in [-0.25, -0.2) is 9.97 Å². The number of hydrogen-bond donors (Lipinski definition) is 1. The van der Waals surface area contributed by atoms with Crippen molar-refractivity contribution in [3.63, 3.8) is 0 Å². The standard InChI is InChI=1S/C24H26N4O/c1-18-12-14-28(15-13-18)22-16-21(25-17-26-22)27-24(29)23(19-8-4-2-5-9-19)20-10-6-3-7-11-20/h2-11,16-18,23H,12-15H2,1H3,(H,25,26,27,29). The van der Waals surface area contributed by atoms with Crippen LogP contribution in [0.5, 0.6) is 0 Å². The summed E-state index contributed by atoms with van der Waals surface area (Å²) in [7, 11) is 0. The average Bonchev–Trinajstić information content (AvgIpc) is 2.76. The van der Waals surface area contributed by atoms with Crippen LogP contribution in [0.25, 0.3) is 0 Å². The van der Waals surface area contributed by atoms with Gasteiger partial charge in [-0.05, 0) is 29.9 Å². The molecule has 1 fully saturated rings. The van der Waals surface area contributed by atoms with Gasteiger partial charge in [0.1, 0.15) is 18.0 Å². The minimum atomic E-state index is -0.397. The molecule has 0 aliphatic carbocycles. The fourth-order valence-electron chi connectivity index (χ4n) is 3.81. The lowest BCUT2D eigenvalue weighted by molar-refractivity contribution is -0.116. The van der Waals surface area contributed by atoms with Gasteiger partial charge in [0.15, 0.2) is 0 Å². The third-order valence-corrected chi connectivity index (χ3v) is 5.54. The molecule has 5 heteroatoms. The Hall–Kier alpha value is -3.21. The first kappa shape index (κ1) is 19.1. The molecule has 0 spiro atoms. The second-order valence-corrected chi connectivity index (χ2v) is 7.67. The van der Waals surface area contributed by atoms with Gasteiger partial charge < -0.3 is 10.2 Å². The number of amides is 1. The fourth-order valence-corrected chi connectivity index (χ4v) is 3.81. The van der Waals surface area contributed by atoms with Gasteiger partial charge in [0.2, 0.25) is 5.91 Å². The summed E-state index contributed by atoms with van der Waals surface area (Å²) in [4.78, 5) is 24.2. The minimum absolute atomic E-state index is 0.0979. The normalized spacial score (nSPS) is 14.8. The molecule has 3 aromatic rings. The van der Waals surface area contributed by atoms with E-state index in [1.165, 1.54) is 6.33 Å². The molecule has 1 saturated heterocycles. The first-order valence-electron chi connectivity index (χ1n) is 10.2. The van der Waals surface area contributed by atoms with Gasteiger partial charge in [-0.15, -0.1) is 0 Å². The smallest absolute Gasteiger partial charge is 0.237 e. The molecular weight excluding hydrogens is 360 g/mol. The van der Waals surface area contributed by atoms with E-state index in [1.807, 2.05) is 66.7 Å². The summed E-state index contributed by atoms with van der Waals surface area (Å²) in [5, 5.41) is 3.01. The van der Waals surface area contributed by atoms with Gasteiger partial charge in [-0.2, -0.15) is 0 Å². The van der Waals surface area contributed by atoms with E-state index in [-0.39, 0.29) is 5.91 Å². The first-order valence-corrected chi connectivity index (χ1v) is 10.2. The van der Waals surface area contributed by atoms with Crippen LogP contribution >= 0.6 is 0 Å². The van der Waals surface area contributed by atoms with Gasteiger partial charge in [0.05, 0.1) is 5.92 Å². The molecule has 5 nitrogen and oxygen atoms in total. The first-order chi connectivity index (χ1) is 14.2.